The van der Waals surface area contributed by atoms with Crippen LogP contribution in [0.15, 0.2) is 12.5 Å². The van der Waals surface area contributed by atoms with Gasteiger partial charge in [0.2, 0.25) is 0 Å². The Balaban J connectivity index is 2.65. The van der Waals surface area contributed by atoms with Crippen LogP contribution in [0.25, 0.3) is 0 Å². The molecule has 0 amide bonds. The zero-order valence-corrected chi connectivity index (χ0v) is 9.12. The van der Waals surface area contributed by atoms with E-state index in [0.717, 1.165) is 13.0 Å². The molecule has 0 bridgehead atoms. The number of hydrogen-bond donors (Lipinski definition) is 0. The molecule has 1 aromatic rings. The van der Waals surface area contributed by atoms with Gasteiger partial charge in [0.15, 0.2) is 0 Å². The SMILES string of the molecule is CC(C)Cc1cncn1CC(C)C. The van der Waals surface area contributed by atoms with E-state index >= 15 is 0 Å². The smallest absolute Gasteiger partial charge is 0.0948 e. The first-order valence-corrected chi connectivity index (χ1v) is 5.08. The van der Waals surface area contributed by atoms with Gasteiger partial charge < -0.3 is 4.57 Å². The van der Waals surface area contributed by atoms with Gasteiger partial charge in [0, 0.05) is 18.4 Å². The predicted octanol–water partition coefficient (Wildman–Crippen LogP) is 2.74. The normalized spacial score (nSPS) is 11.5. The average Bonchev–Trinajstić information content (AvgIpc) is 2.34. The van der Waals surface area contributed by atoms with Gasteiger partial charge in [0.25, 0.3) is 0 Å². The van der Waals surface area contributed by atoms with E-state index < -0.39 is 0 Å². The van der Waals surface area contributed by atoms with Crippen LogP contribution in [-0.4, -0.2) is 9.55 Å². The van der Waals surface area contributed by atoms with E-state index in [4.69, 9.17) is 0 Å². The maximum absolute atomic E-state index is 4.19. The molecule has 1 rings (SSSR count). The van der Waals surface area contributed by atoms with Crippen molar-refractivity contribution in [3.8, 4) is 0 Å². The van der Waals surface area contributed by atoms with E-state index in [9.17, 15) is 0 Å². The predicted molar refractivity (Wildman–Crippen MR) is 55.6 cm³/mol. The van der Waals surface area contributed by atoms with Crippen molar-refractivity contribution in [1.29, 1.82) is 0 Å². The van der Waals surface area contributed by atoms with E-state index in [1.807, 2.05) is 12.5 Å². The summed E-state index contributed by atoms with van der Waals surface area (Å²) in [6, 6.07) is 0. The molecule has 2 heteroatoms. The highest BCUT2D eigenvalue weighted by atomic mass is 15.0. The summed E-state index contributed by atoms with van der Waals surface area (Å²) in [5.41, 5.74) is 1.36. The molecule has 0 aromatic carbocycles. The highest BCUT2D eigenvalue weighted by molar-refractivity contribution is 4.99. The lowest BCUT2D eigenvalue weighted by Crippen LogP contribution is -2.08. The summed E-state index contributed by atoms with van der Waals surface area (Å²) in [5.74, 6) is 1.41. The van der Waals surface area contributed by atoms with Crippen LogP contribution in [0.5, 0.6) is 0 Å². The van der Waals surface area contributed by atoms with Gasteiger partial charge in [-0.25, -0.2) is 4.98 Å². The van der Waals surface area contributed by atoms with Gasteiger partial charge in [0.1, 0.15) is 0 Å². The van der Waals surface area contributed by atoms with Gasteiger partial charge in [0.05, 0.1) is 6.33 Å². The van der Waals surface area contributed by atoms with Crippen molar-refractivity contribution >= 4 is 0 Å². The third-order valence-electron chi connectivity index (χ3n) is 1.98. The zero-order chi connectivity index (χ0) is 9.84. The summed E-state index contributed by atoms with van der Waals surface area (Å²) in [6.45, 7) is 10.0. The van der Waals surface area contributed by atoms with E-state index in [2.05, 4.69) is 37.2 Å². The van der Waals surface area contributed by atoms with Crippen molar-refractivity contribution in [2.75, 3.05) is 0 Å². The van der Waals surface area contributed by atoms with Crippen LogP contribution in [0.1, 0.15) is 33.4 Å². The third-order valence-corrected chi connectivity index (χ3v) is 1.98. The second-order valence-electron chi connectivity index (χ2n) is 4.53. The molecule has 13 heavy (non-hydrogen) atoms. The molecular weight excluding hydrogens is 160 g/mol. The molecule has 0 unspecified atom stereocenters. The zero-order valence-electron chi connectivity index (χ0n) is 9.12. The Hall–Kier alpha value is -0.790. The molecule has 1 heterocycles. The molecule has 0 N–H and O–H groups in total. The highest BCUT2D eigenvalue weighted by Crippen LogP contribution is 2.09. The molecule has 0 saturated heterocycles. The first kappa shape index (κ1) is 10.3. The molecule has 0 atom stereocenters. The summed E-state index contributed by atoms with van der Waals surface area (Å²) >= 11 is 0. The molecule has 0 aliphatic rings. The lowest BCUT2D eigenvalue weighted by Gasteiger charge is -2.11. The molecule has 2 nitrogen and oxygen atoms in total. The monoisotopic (exact) mass is 180 g/mol. The van der Waals surface area contributed by atoms with Crippen LogP contribution < -0.4 is 0 Å². The fourth-order valence-corrected chi connectivity index (χ4v) is 1.49. The molecule has 0 aliphatic carbocycles. The summed E-state index contributed by atoms with van der Waals surface area (Å²) in [4.78, 5) is 4.19. The molecule has 0 spiro atoms. The molecule has 0 fully saturated rings. The molecule has 74 valence electrons. The van der Waals surface area contributed by atoms with E-state index in [1.165, 1.54) is 5.69 Å². The number of imidazole rings is 1. The van der Waals surface area contributed by atoms with Gasteiger partial charge in [-0.2, -0.15) is 0 Å². The molecule has 1 aromatic heterocycles. The van der Waals surface area contributed by atoms with E-state index in [0.29, 0.717) is 11.8 Å². The Morgan fingerprint density at radius 1 is 1.23 bits per heavy atom. The lowest BCUT2D eigenvalue weighted by molar-refractivity contribution is 0.495. The molecule has 0 aliphatic heterocycles. The van der Waals surface area contributed by atoms with Crippen molar-refractivity contribution in [2.45, 2.75) is 40.7 Å². The van der Waals surface area contributed by atoms with Crippen molar-refractivity contribution < 1.29 is 0 Å². The standard InChI is InChI=1S/C11H20N2/c1-9(2)5-11-6-12-8-13(11)7-10(3)4/h6,8-10H,5,7H2,1-4H3. The quantitative estimate of drug-likeness (QED) is 0.696. The first-order valence-electron chi connectivity index (χ1n) is 5.08. The summed E-state index contributed by atoms with van der Waals surface area (Å²) < 4.78 is 2.27. The fraction of sp³-hybridized carbons (Fsp3) is 0.727. The number of aromatic nitrogens is 2. The Morgan fingerprint density at radius 3 is 2.46 bits per heavy atom. The maximum Gasteiger partial charge on any atom is 0.0948 e. The number of nitrogens with zero attached hydrogens (tertiary/aromatic N) is 2. The minimum Gasteiger partial charge on any atom is -0.334 e. The fourth-order valence-electron chi connectivity index (χ4n) is 1.49. The first-order chi connectivity index (χ1) is 6.09. The largest absolute Gasteiger partial charge is 0.334 e. The van der Waals surface area contributed by atoms with Crippen LogP contribution in [0, 0.1) is 11.8 Å². The van der Waals surface area contributed by atoms with Gasteiger partial charge in [-0.3, -0.25) is 0 Å². The van der Waals surface area contributed by atoms with Gasteiger partial charge >= 0.3 is 0 Å². The summed E-state index contributed by atoms with van der Waals surface area (Å²) in [5, 5.41) is 0. The molecule has 0 saturated carbocycles. The van der Waals surface area contributed by atoms with Crippen molar-refractivity contribution in [2.24, 2.45) is 11.8 Å². The van der Waals surface area contributed by atoms with Crippen LogP contribution in [-0.2, 0) is 13.0 Å². The Bertz CT molecular complexity index is 224. The third kappa shape index (κ3) is 3.21. The minimum absolute atomic E-state index is 0.695. The van der Waals surface area contributed by atoms with Crippen LogP contribution in [0.2, 0.25) is 0 Å². The van der Waals surface area contributed by atoms with Crippen molar-refractivity contribution in [3.63, 3.8) is 0 Å². The average molecular weight is 180 g/mol. The topological polar surface area (TPSA) is 17.8 Å². The lowest BCUT2D eigenvalue weighted by atomic mass is 10.1. The molecule has 0 radical (unpaired) electrons. The van der Waals surface area contributed by atoms with Crippen LogP contribution in [0.3, 0.4) is 0 Å². The summed E-state index contributed by atoms with van der Waals surface area (Å²) in [6.07, 6.45) is 5.06. The Labute approximate surface area is 81.0 Å². The second kappa shape index (κ2) is 4.45. The number of hydrogen-bond acceptors (Lipinski definition) is 1. The van der Waals surface area contributed by atoms with Gasteiger partial charge in [-0.15, -0.1) is 0 Å². The van der Waals surface area contributed by atoms with Gasteiger partial charge in [-0.1, -0.05) is 27.7 Å². The Morgan fingerprint density at radius 2 is 1.92 bits per heavy atom. The number of rotatable bonds is 4. The van der Waals surface area contributed by atoms with Crippen molar-refractivity contribution in [1.82, 2.24) is 9.55 Å². The van der Waals surface area contributed by atoms with Crippen LogP contribution in [0.4, 0.5) is 0 Å². The van der Waals surface area contributed by atoms with Gasteiger partial charge in [-0.05, 0) is 18.3 Å². The Kier molecular flexibility index (Phi) is 3.52. The minimum atomic E-state index is 0.695. The van der Waals surface area contributed by atoms with Crippen LogP contribution >= 0.6 is 0 Å². The van der Waals surface area contributed by atoms with E-state index in [1.54, 1.807) is 0 Å². The van der Waals surface area contributed by atoms with E-state index in [-0.39, 0.29) is 0 Å². The molecular formula is C11H20N2. The maximum atomic E-state index is 4.19. The highest BCUT2D eigenvalue weighted by Gasteiger charge is 2.05. The second-order valence-corrected chi connectivity index (χ2v) is 4.53. The summed E-state index contributed by atoms with van der Waals surface area (Å²) in [7, 11) is 0. The van der Waals surface area contributed by atoms with Crippen molar-refractivity contribution in [3.05, 3.63) is 18.2 Å².